The molecule has 1 N–H and O–H groups in total. The van der Waals surface area contributed by atoms with E-state index in [2.05, 4.69) is 75.8 Å². The first-order chi connectivity index (χ1) is 16.8. The fourth-order valence-corrected chi connectivity index (χ4v) is 4.89. The molecular formula is C28H31N5O. The first-order valence-corrected chi connectivity index (χ1v) is 12.1. The number of nitriles is 1. The summed E-state index contributed by atoms with van der Waals surface area (Å²) in [6.07, 6.45) is 1.82. The van der Waals surface area contributed by atoms with Crippen molar-refractivity contribution in [3.8, 4) is 6.07 Å². The first kappa shape index (κ1) is 22.4. The highest BCUT2D eigenvalue weighted by molar-refractivity contribution is 5.67. The van der Waals surface area contributed by atoms with Gasteiger partial charge in [0, 0.05) is 44.8 Å². The average Bonchev–Trinajstić information content (AvgIpc) is 2.90. The Morgan fingerprint density at radius 2 is 1.62 bits per heavy atom. The van der Waals surface area contributed by atoms with Crippen LogP contribution in [-0.4, -0.2) is 49.3 Å². The molecule has 2 aromatic carbocycles. The van der Waals surface area contributed by atoms with Crippen LogP contribution < -0.4 is 10.2 Å². The van der Waals surface area contributed by atoms with Gasteiger partial charge in [-0.05, 0) is 29.5 Å². The third-order valence-electron chi connectivity index (χ3n) is 6.67. The molecule has 0 atom stereocenters. The molecule has 1 fully saturated rings. The van der Waals surface area contributed by atoms with E-state index in [4.69, 9.17) is 9.72 Å². The van der Waals surface area contributed by atoms with Crippen molar-refractivity contribution in [2.75, 3.05) is 49.6 Å². The van der Waals surface area contributed by atoms with Crippen LogP contribution >= 0.6 is 0 Å². The zero-order valence-electron chi connectivity index (χ0n) is 19.5. The van der Waals surface area contributed by atoms with Gasteiger partial charge < -0.3 is 15.0 Å². The number of morpholine rings is 1. The molecule has 2 aliphatic rings. The van der Waals surface area contributed by atoms with E-state index >= 15 is 0 Å². The van der Waals surface area contributed by atoms with Gasteiger partial charge in [-0.15, -0.1) is 0 Å². The SMILES string of the molecule is N#Cc1c(N2CCOCC2)nc(NCCc2ccccc2)c2c1CN(Cc1ccccc1)CC2. The minimum absolute atomic E-state index is 0.667. The summed E-state index contributed by atoms with van der Waals surface area (Å²) in [5.41, 5.74) is 5.66. The summed E-state index contributed by atoms with van der Waals surface area (Å²) in [7, 11) is 0. The lowest BCUT2D eigenvalue weighted by molar-refractivity contribution is 0.122. The van der Waals surface area contributed by atoms with Crippen molar-refractivity contribution >= 4 is 11.6 Å². The van der Waals surface area contributed by atoms with Crippen LogP contribution in [0.15, 0.2) is 60.7 Å². The zero-order valence-corrected chi connectivity index (χ0v) is 19.5. The monoisotopic (exact) mass is 453 g/mol. The number of hydrogen-bond donors (Lipinski definition) is 1. The predicted molar refractivity (Wildman–Crippen MR) is 135 cm³/mol. The average molecular weight is 454 g/mol. The Morgan fingerprint density at radius 3 is 2.32 bits per heavy atom. The summed E-state index contributed by atoms with van der Waals surface area (Å²) < 4.78 is 5.56. The summed E-state index contributed by atoms with van der Waals surface area (Å²) in [5, 5.41) is 13.8. The number of benzene rings is 2. The first-order valence-electron chi connectivity index (χ1n) is 12.1. The van der Waals surface area contributed by atoms with Crippen molar-refractivity contribution in [1.29, 1.82) is 5.26 Å². The van der Waals surface area contributed by atoms with Crippen molar-refractivity contribution in [2.24, 2.45) is 0 Å². The van der Waals surface area contributed by atoms with Crippen LogP contribution in [0, 0.1) is 11.3 Å². The number of hydrogen-bond acceptors (Lipinski definition) is 6. The molecule has 2 aliphatic heterocycles. The molecule has 1 saturated heterocycles. The van der Waals surface area contributed by atoms with Gasteiger partial charge in [0.1, 0.15) is 17.7 Å². The van der Waals surface area contributed by atoms with E-state index in [0.29, 0.717) is 13.2 Å². The van der Waals surface area contributed by atoms with Crippen molar-refractivity contribution in [2.45, 2.75) is 25.9 Å². The highest BCUT2D eigenvalue weighted by Crippen LogP contribution is 2.34. The van der Waals surface area contributed by atoms with Gasteiger partial charge in [-0.3, -0.25) is 4.90 Å². The minimum atomic E-state index is 0.667. The van der Waals surface area contributed by atoms with E-state index < -0.39 is 0 Å². The Kier molecular flexibility index (Phi) is 7.04. The number of ether oxygens (including phenoxy) is 1. The highest BCUT2D eigenvalue weighted by atomic mass is 16.5. The number of aromatic nitrogens is 1. The Morgan fingerprint density at radius 1 is 0.912 bits per heavy atom. The van der Waals surface area contributed by atoms with E-state index in [1.165, 1.54) is 16.7 Å². The molecular weight excluding hydrogens is 422 g/mol. The zero-order chi connectivity index (χ0) is 23.2. The Hall–Kier alpha value is -3.40. The fourth-order valence-electron chi connectivity index (χ4n) is 4.89. The molecule has 3 aromatic rings. The molecule has 5 rings (SSSR count). The minimum Gasteiger partial charge on any atom is -0.378 e. The van der Waals surface area contributed by atoms with Gasteiger partial charge in [0.15, 0.2) is 0 Å². The maximum absolute atomic E-state index is 10.2. The maximum atomic E-state index is 10.2. The van der Waals surface area contributed by atoms with Gasteiger partial charge in [0.25, 0.3) is 0 Å². The molecule has 0 radical (unpaired) electrons. The van der Waals surface area contributed by atoms with Crippen LogP contribution in [0.3, 0.4) is 0 Å². The molecule has 0 bridgehead atoms. The van der Waals surface area contributed by atoms with E-state index in [0.717, 1.165) is 74.9 Å². The Balaban J connectivity index is 1.44. The second-order valence-electron chi connectivity index (χ2n) is 8.94. The summed E-state index contributed by atoms with van der Waals surface area (Å²) in [6.45, 7) is 6.28. The summed E-state index contributed by atoms with van der Waals surface area (Å²) in [6, 6.07) is 23.6. The topological polar surface area (TPSA) is 64.4 Å². The van der Waals surface area contributed by atoms with Crippen molar-refractivity contribution in [1.82, 2.24) is 9.88 Å². The van der Waals surface area contributed by atoms with Crippen LogP contribution in [-0.2, 0) is 30.7 Å². The molecule has 6 heteroatoms. The van der Waals surface area contributed by atoms with E-state index in [9.17, 15) is 5.26 Å². The van der Waals surface area contributed by atoms with Crippen molar-refractivity contribution < 1.29 is 4.74 Å². The largest absolute Gasteiger partial charge is 0.378 e. The van der Waals surface area contributed by atoms with Gasteiger partial charge >= 0.3 is 0 Å². The number of fused-ring (bicyclic) bond motifs is 1. The predicted octanol–water partition coefficient (Wildman–Crippen LogP) is 4.00. The molecule has 0 spiro atoms. The van der Waals surface area contributed by atoms with Gasteiger partial charge in [0.05, 0.1) is 18.8 Å². The molecule has 0 unspecified atom stereocenters. The number of anilines is 2. The molecule has 6 nitrogen and oxygen atoms in total. The van der Waals surface area contributed by atoms with E-state index in [1.54, 1.807) is 0 Å². The smallest absolute Gasteiger partial charge is 0.149 e. The molecule has 0 saturated carbocycles. The molecule has 174 valence electrons. The summed E-state index contributed by atoms with van der Waals surface area (Å²) in [4.78, 5) is 9.69. The highest BCUT2D eigenvalue weighted by Gasteiger charge is 2.28. The maximum Gasteiger partial charge on any atom is 0.149 e. The molecule has 0 amide bonds. The van der Waals surface area contributed by atoms with Gasteiger partial charge in [-0.25, -0.2) is 4.98 Å². The van der Waals surface area contributed by atoms with Crippen LogP contribution in [0.5, 0.6) is 0 Å². The number of pyridine rings is 1. The Labute approximate surface area is 201 Å². The van der Waals surface area contributed by atoms with Crippen molar-refractivity contribution in [3.05, 3.63) is 88.5 Å². The Bertz CT molecular complexity index is 1140. The molecule has 1 aromatic heterocycles. The third-order valence-corrected chi connectivity index (χ3v) is 6.67. The fraction of sp³-hybridized carbons (Fsp3) is 0.357. The normalized spacial score (nSPS) is 16.0. The third kappa shape index (κ3) is 5.06. The van der Waals surface area contributed by atoms with Crippen LogP contribution in [0.1, 0.15) is 27.8 Å². The molecule has 3 heterocycles. The molecule has 0 aliphatic carbocycles. The van der Waals surface area contributed by atoms with Crippen LogP contribution in [0.2, 0.25) is 0 Å². The standard InChI is InChI=1S/C28H31N5O/c29-19-25-26-21-32(20-23-9-5-2-6-10-23)14-12-24(26)27(30-13-11-22-7-3-1-4-8-22)31-28(25)33-15-17-34-18-16-33/h1-10H,11-18,20-21H2,(H,30,31). The second-order valence-corrected chi connectivity index (χ2v) is 8.94. The van der Waals surface area contributed by atoms with E-state index in [1.807, 2.05) is 6.07 Å². The van der Waals surface area contributed by atoms with Crippen LogP contribution in [0.25, 0.3) is 0 Å². The summed E-state index contributed by atoms with van der Waals surface area (Å²) >= 11 is 0. The van der Waals surface area contributed by atoms with Crippen LogP contribution in [0.4, 0.5) is 11.6 Å². The number of nitrogens with zero attached hydrogens (tertiary/aromatic N) is 4. The number of rotatable bonds is 7. The number of nitrogens with one attached hydrogen (secondary N) is 1. The second kappa shape index (κ2) is 10.7. The van der Waals surface area contributed by atoms with E-state index in [-0.39, 0.29) is 0 Å². The lowest BCUT2D eigenvalue weighted by atomic mass is 9.95. The lowest BCUT2D eigenvalue weighted by Gasteiger charge is -2.34. The van der Waals surface area contributed by atoms with Gasteiger partial charge in [-0.2, -0.15) is 5.26 Å². The molecule has 34 heavy (non-hydrogen) atoms. The van der Waals surface area contributed by atoms with Crippen molar-refractivity contribution in [3.63, 3.8) is 0 Å². The van der Waals surface area contributed by atoms with Gasteiger partial charge in [0.2, 0.25) is 0 Å². The quantitative estimate of drug-likeness (QED) is 0.583. The lowest BCUT2D eigenvalue weighted by Crippen LogP contribution is -2.38. The van der Waals surface area contributed by atoms with Gasteiger partial charge in [-0.1, -0.05) is 60.7 Å². The summed E-state index contributed by atoms with van der Waals surface area (Å²) in [5.74, 6) is 1.74.